The normalized spacial score (nSPS) is 42.0. The number of hydrogen-bond acceptors (Lipinski definition) is 1. The summed E-state index contributed by atoms with van der Waals surface area (Å²) in [6.45, 7) is 11.6. The van der Waals surface area contributed by atoms with Gasteiger partial charge in [0.15, 0.2) is 6.17 Å². The predicted octanol–water partition coefficient (Wildman–Crippen LogP) is 7.28. The third-order valence-corrected chi connectivity index (χ3v) is 7.03. The first kappa shape index (κ1) is 24.6. The first-order chi connectivity index (χ1) is 13.0. The summed E-state index contributed by atoms with van der Waals surface area (Å²) in [6.07, 6.45) is 8.76. The Bertz CT molecular complexity index is 384. The first-order valence-corrected chi connectivity index (χ1v) is 11.5. The van der Waals surface area contributed by atoms with Crippen molar-refractivity contribution in [2.75, 3.05) is 0 Å². The van der Waals surface area contributed by atoms with Crippen LogP contribution in [0.15, 0.2) is 12.7 Å². The number of aliphatic hydroxyl groups excluding tert-OH is 1. The maximum absolute atomic E-state index is 14.2. The van der Waals surface area contributed by atoms with E-state index in [0.29, 0.717) is 18.8 Å². The molecule has 3 aliphatic rings. The third-order valence-electron chi connectivity index (χ3n) is 7.03. The van der Waals surface area contributed by atoms with E-state index in [4.69, 9.17) is 0 Å². The van der Waals surface area contributed by atoms with E-state index in [1.165, 1.54) is 38.5 Å². The van der Waals surface area contributed by atoms with Crippen molar-refractivity contribution in [2.45, 2.75) is 110 Å². The molecule has 3 saturated carbocycles. The molecule has 4 unspecified atom stereocenters. The van der Waals surface area contributed by atoms with E-state index < -0.39 is 18.4 Å². The van der Waals surface area contributed by atoms with Crippen LogP contribution in [0.2, 0.25) is 0 Å². The van der Waals surface area contributed by atoms with Gasteiger partial charge in [0, 0.05) is 0 Å². The summed E-state index contributed by atoms with van der Waals surface area (Å²) >= 11 is 0. The molecule has 27 heavy (non-hydrogen) atoms. The van der Waals surface area contributed by atoms with Gasteiger partial charge in [-0.05, 0) is 87.9 Å². The minimum Gasteiger partial charge on any atom is -0.390 e. The van der Waals surface area contributed by atoms with E-state index in [-0.39, 0.29) is 5.92 Å². The van der Waals surface area contributed by atoms with E-state index in [9.17, 15) is 13.9 Å². The van der Waals surface area contributed by atoms with Crippen LogP contribution in [0.3, 0.4) is 0 Å². The van der Waals surface area contributed by atoms with Crippen LogP contribution < -0.4 is 0 Å². The van der Waals surface area contributed by atoms with Crippen LogP contribution in [0.4, 0.5) is 8.78 Å². The number of halogens is 2. The maximum atomic E-state index is 14.2. The van der Waals surface area contributed by atoms with Crippen LogP contribution in [0.1, 0.15) is 91.9 Å². The van der Waals surface area contributed by atoms with Crippen molar-refractivity contribution >= 4 is 0 Å². The standard InChI is InChI=1S/C19H32F2O.C3H6.C2H6/c1-12-2-4-13(5-3-12)14-6-8-15(9-7-14)16-10-11-17(22)19(21)18(16)20;1-3-2;1-2/h12-19,22H,2-11H2,1H3;3H,1H2,2H3;1-2H3. The SMILES string of the molecule is C=CC.CC.CC1CCC(C2CCC(C3CCC(O)C(F)C3F)CC2)CC1. The van der Waals surface area contributed by atoms with Crippen molar-refractivity contribution in [2.24, 2.45) is 29.6 Å². The lowest BCUT2D eigenvalue weighted by Gasteiger charge is -2.42. The summed E-state index contributed by atoms with van der Waals surface area (Å²) in [4.78, 5) is 0. The fourth-order valence-electron chi connectivity index (χ4n) is 5.43. The van der Waals surface area contributed by atoms with E-state index in [2.05, 4.69) is 13.5 Å². The van der Waals surface area contributed by atoms with Crippen molar-refractivity contribution in [1.82, 2.24) is 0 Å². The first-order valence-electron chi connectivity index (χ1n) is 11.5. The number of aliphatic hydroxyl groups is 1. The minimum atomic E-state index is -1.66. The maximum Gasteiger partial charge on any atom is 0.157 e. The van der Waals surface area contributed by atoms with Gasteiger partial charge in [0.05, 0.1) is 6.10 Å². The van der Waals surface area contributed by atoms with Crippen LogP contribution >= 0.6 is 0 Å². The Hall–Kier alpha value is -0.440. The quantitative estimate of drug-likeness (QED) is 0.494. The lowest BCUT2D eigenvalue weighted by atomic mass is 9.65. The smallest absolute Gasteiger partial charge is 0.157 e. The molecule has 0 aromatic heterocycles. The summed E-state index contributed by atoms with van der Waals surface area (Å²) in [6, 6.07) is 0. The lowest BCUT2D eigenvalue weighted by molar-refractivity contribution is -0.0561. The van der Waals surface area contributed by atoms with Gasteiger partial charge in [0.1, 0.15) is 6.17 Å². The number of rotatable bonds is 2. The number of hydrogen-bond donors (Lipinski definition) is 1. The Kier molecular flexibility index (Phi) is 11.8. The predicted molar refractivity (Wildman–Crippen MR) is 112 cm³/mol. The summed E-state index contributed by atoms with van der Waals surface area (Å²) in [7, 11) is 0. The van der Waals surface area contributed by atoms with Gasteiger partial charge in [0.25, 0.3) is 0 Å². The van der Waals surface area contributed by atoms with Crippen molar-refractivity contribution in [1.29, 1.82) is 0 Å². The molecule has 0 amide bonds. The third kappa shape index (κ3) is 7.15. The molecule has 3 fully saturated rings. The van der Waals surface area contributed by atoms with Crippen molar-refractivity contribution < 1.29 is 13.9 Å². The van der Waals surface area contributed by atoms with Crippen molar-refractivity contribution in [3.05, 3.63) is 12.7 Å². The molecule has 3 aliphatic carbocycles. The van der Waals surface area contributed by atoms with Crippen LogP contribution in [-0.2, 0) is 0 Å². The number of allylic oxidation sites excluding steroid dienone is 1. The lowest BCUT2D eigenvalue weighted by Crippen LogP contribution is -2.44. The molecule has 0 bridgehead atoms. The highest BCUT2D eigenvalue weighted by Crippen LogP contribution is 2.46. The second-order valence-electron chi connectivity index (χ2n) is 8.80. The van der Waals surface area contributed by atoms with Gasteiger partial charge in [-0.3, -0.25) is 0 Å². The van der Waals surface area contributed by atoms with Gasteiger partial charge in [0.2, 0.25) is 0 Å². The molecule has 1 nitrogen and oxygen atoms in total. The average molecular weight is 387 g/mol. The van der Waals surface area contributed by atoms with Crippen LogP contribution in [-0.4, -0.2) is 23.6 Å². The van der Waals surface area contributed by atoms with Crippen molar-refractivity contribution in [3.63, 3.8) is 0 Å². The fourth-order valence-corrected chi connectivity index (χ4v) is 5.43. The number of alkyl halides is 2. The van der Waals surface area contributed by atoms with Gasteiger partial charge >= 0.3 is 0 Å². The van der Waals surface area contributed by atoms with E-state index >= 15 is 0 Å². The highest BCUT2D eigenvalue weighted by atomic mass is 19.2. The molecule has 0 aromatic rings. The van der Waals surface area contributed by atoms with E-state index in [1.54, 1.807) is 6.08 Å². The molecule has 0 heterocycles. The molecule has 0 radical (unpaired) electrons. The molecule has 1 N–H and O–H groups in total. The Morgan fingerprint density at radius 2 is 1.15 bits per heavy atom. The highest BCUT2D eigenvalue weighted by molar-refractivity contribution is 4.93. The van der Waals surface area contributed by atoms with Gasteiger partial charge < -0.3 is 5.11 Å². The Morgan fingerprint density at radius 1 is 0.741 bits per heavy atom. The molecule has 4 atom stereocenters. The Balaban J connectivity index is 0.000000665. The fraction of sp³-hybridized carbons (Fsp3) is 0.917. The zero-order valence-electron chi connectivity index (χ0n) is 18.2. The van der Waals surface area contributed by atoms with Gasteiger partial charge in [-0.15, -0.1) is 6.58 Å². The Labute approximate surface area is 167 Å². The molecule has 160 valence electrons. The van der Waals surface area contributed by atoms with Gasteiger partial charge in [-0.2, -0.15) is 0 Å². The van der Waals surface area contributed by atoms with Crippen LogP contribution in [0, 0.1) is 29.6 Å². The summed E-state index contributed by atoms with van der Waals surface area (Å²) < 4.78 is 28.0. The molecular weight excluding hydrogens is 342 g/mol. The van der Waals surface area contributed by atoms with Gasteiger partial charge in [-0.1, -0.05) is 39.7 Å². The molecule has 0 saturated heterocycles. The van der Waals surface area contributed by atoms with E-state index in [1.807, 2.05) is 20.8 Å². The van der Waals surface area contributed by atoms with Crippen molar-refractivity contribution in [3.8, 4) is 0 Å². The topological polar surface area (TPSA) is 20.2 Å². The van der Waals surface area contributed by atoms with Crippen LogP contribution in [0.5, 0.6) is 0 Å². The Morgan fingerprint density at radius 3 is 1.63 bits per heavy atom. The zero-order valence-corrected chi connectivity index (χ0v) is 18.2. The molecule has 0 spiro atoms. The summed E-state index contributed by atoms with van der Waals surface area (Å²) in [5.74, 6) is 2.82. The molecule has 0 aromatic carbocycles. The largest absolute Gasteiger partial charge is 0.390 e. The molecule has 3 heteroatoms. The van der Waals surface area contributed by atoms with Gasteiger partial charge in [-0.25, -0.2) is 8.78 Å². The molecule has 3 rings (SSSR count). The summed E-state index contributed by atoms with van der Waals surface area (Å²) in [5.41, 5.74) is 0. The second-order valence-corrected chi connectivity index (χ2v) is 8.80. The summed E-state index contributed by atoms with van der Waals surface area (Å²) in [5, 5.41) is 9.48. The zero-order chi connectivity index (χ0) is 20.4. The minimum absolute atomic E-state index is 0.147. The van der Waals surface area contributed by atoms with Crippen LogP contribution in [0.25, 0.3) is 0 Å². The van der Waals surface area contributed by atoms with E-state index in [0.717, 1.165) is 30.6 Å². The molecule has 0 aliphatic heterocycles. The average Bonchev–Trinajstić information content (AvgIpc) is 2.69. The second kappa shape index (κ2) is 12.9. The highest BCUT2D eigenvalue weighted by Gasteiger charge is 2.44. The monoisotopic (exact) mass is 386 g/mol. The molecular formula is C24H44F2O.